The quantitative estimate of drug-likeness (QED) is 0.637. The molecule has 1 atom stereocenters. The van der Waals surface area contributed by atoms with Crippen molar-refractivity contribution in [3.05, 3.63) is 65.9 Å². The van der Waals surface area contributed by atoms with Crippen molar-refractivity contribution < 1.29 is 18.3 Å². The van der Waals surface area contributed by atoms with Gasteiger partial charge in [-0.3, -0.25) is 4.79 Å². The number of hydrogen-bond donors (Lipinski definition) is 2. The van der Waals surface area contributed by atoms with Crippen molar-refractivity contribution in [2.45, 2.75) is 23.8 Å². The summed E-state index contributed by atoms with van der Waals surface area (Å²) >= 11 is 0. The SMILES string of the molecule is Cn1cc(C(O)CNC(=O)CCc2ccc(S(C)(=O)=O)cc2)c2ccccc21. The summed E-state index contributed by atoms with van der Waals surface area (Å²) in [6, 6.07) is 14.3. The zero-order chi connectivity index (χ0) is 20.3. The Kier molecular flexibility index (Phi) is 5.86. The van der Waals surface area contributed by atoms with E-state index < -0.39 is 15.9 Å². The van der Waals surface area contributed by atoms with Crippen LogP contribution < -0.4 is 5.32 Å². The number of nitrogens with zero attached hydrogens (tertiary/aromatic N) is 1. The van der Waals surface area contributed by atoms with Gasteiger partial charge in [-0.2, -0.15) is 0 Å². The van der Waals surface area contributed by atoms with E-state index in [0.29, 0.717) is 6.42 Å². The molecule has 0 aliphatic heterocycles. The Morgan fingerprint density at radius 2 is 1.82 bits per heavy atom. The lowest BCUT2D eigenvalue weighted by Gasteiger charge is -2.11. The van der Waals surface area contributed by atoms with Gasteiger partial charge in [-0.15, -0.1) is 0 Å². The molecule has 2 aromatic carbocycles. The molecule has 0 aliphatic carbocycles. The summed E-state index contributed by atoms with van der Waals surface area (Å²) in [6.45, 7) is 0.139. The lowest BCUT2D eigenvalue weighted by atomic mass is 10.1. The average molecular weight is 401 g/mol. The highest BCUT2D eigenvalue weighted by Crippen LogP contribution is 2.25. The second-order valence-corrected chi connectivity index (χ2v) is 8.96. The molecule has 6 nitrogen and oxygen atoms in total. The van der Waals surface area contributed by atoms with Crippen molar-refractivity contribution in [2.75, 3.05) is 12.8 Å². The maximum Gasteiger partial charge on any atom is 0.220 e. The van der Waals surface area contributed by atoms with Crippen LogP contribution in [-0.4, -0.2) is 36.8 Å². The summed E-state index contributed by atoms with van der Waals surface area (Å²) in [5.74, 6) is -0.161. The molecule has 1 heterocycles. The third kappa shape index (κ3) is 4.61. The number of hydrogen-bond acceptors (Lipinski definition) is 4. The number of amides is 1. The first-order valence-corrected chi connectivity index (χ1v) is 10.9. The number of fused-ring (bicyclic) bond motifs is 1. The van der Waals surface area contributed by atoms with Crippen LogP contribution in [0.2, 0.25) is 0 Å². The molecule has 0 aliphatic rings. The smallest absolute Gasteiger partial charge is 0.220 e. The van der Waals surface area contributed by atoms with Crippen molar-refractivity contribution in [1.29, 1.82) is 0 Å². The molecule has 148 valence electrons. The van der Waals surface area contributed by atoms with E-state index in [1.807, 2.05) is 42.1 Å². The summed E-state index contributed by atoms with van der Waals surface area (Å²) in [5.41, 5.74) is 2.70. The van der Waals surface area contributed by atoms with Crippen LogP contribution >= 0.6 is 0 Å². The number of aryl methyl sites for hydroxylation is 2. The fourth-order valence-electron chi connectivity index (χ4n) is 3.21. The largest absolute Gasteiger partial charge is 0.386 e. The maximum absolute atomic E-state index is 12.1. The number of aliphatic hydroxyl groups excluding tert-OH is 1. The molecule has 7 heteroatoms. The average Bonchev–Trinajstić information content (AvgIpc) is 3.01. The Labute approximate surface area is 164 Å². The molecule has 3 rings (SSSR count). The Hall–Kier alpha value is -2.64. The predicted octanol–water partition coefficient (Wildman–Crippen LogP) is 2.36. The van der Waals surface area contributed by atoms with Crippen LogP contribution in [0, 0.1) is 0 Å². The molecular weight excluding hydrogens is 376 g/mol. The summed E-state index contributed by atoms with van der Waals surface area (Å²) in [5, 5.41) is 14.2. The normalized spacial score (nSPS) is 12.8. The van der Waals surface area contributed by atoms with Gasteiger partial charge in [0.15, 0.2) is 9.84 Å². The minimum Gasteiger partial charge on any atom is -0.386 e. The minimum atomic E-state index is -3.22. The third-order valence-electron chi connectivity index (χ3n) is 4.77. The summed E-state index contributed by atoms with van der Waals surface area (Å²) in [7, 11) is -1.30. The molecule has 0 bridgehead atoms. The van der Waals surface area contributed by atoms with Gasteiger partial charge in [0.2, 0.25) is 5.91 Å². The van der Waals surface area contributed by atoms with Crippen molar-refractivity contribution in [2.24, 2.45) is 7.05 Å². The molecular formula is C21H24N2O4S. The molecule has 0 saturated heterocycles. The molecule has 1 unspecified atom stereocenters. The number of aliphatic hydroxyl groups is 1. The molecule has 3 aromatic rings. The van der Waals surface area contributed by atoms with Crippen LogP contribution in [0.5, 0.6) is 0 Å². The number of carbonyl (C=O) groups excluding carboxylic acids is 1. The van der Waals surface area contributed by atoms with Gasteiger partial charge in [0.1, 0.15) is 0 Å². The molecule has 0 fully saturated rings. The second-order valence-electron chi connectivity index (χ2n) is 6.95. The van der Waals surface area contributed by atoms with E-state index in [-0.39, 0.29) is 23.8 Å². The van der Waals surface area contributed by atoms with Crippen LogP contribution in [-0.2, 0) is 28.1 Å². The van der Waals surface area contributed by atoms with Gasteiger partial charge in [-0.25, -0.2) is 8.42 Å². The highest BCUT2D eigenvalue weighted by atomic mass is 32.2. The van der Waals surface area contributed by atoms with Gasteiger partial charge in [-0.1, -0.05) is 30.3 Å². The van der Waals surface area contributed by atoms with Crippen LogP contribution in [0.4, 0.5) is 0 Å². The first kappa shape index (κ1) is 20.1. The predicted molar refractivity (Wildman–Crippen MR) is 109 cm³/mol. The Morgan fingerprint density at radius 3 is 2.50 bits per heavy atom. The van der Waals surface area contributed by atoms with Crippen LogP contribution in [0.15, 0.2) is 59.6 Å². The number of rotatable bonds is 7. The van der Waals surface area contributed by atoms with Gasteiger partial charge in [-0.05, 0) is 30.2 Å². The highest BCUT2D eigenvalue weighted by molar-refractivity contribution is 7.90. The van der Waals surface area contributed by atoms with Crippen LogP contribution in [0.1, 0.15) is 23.7 Å². The van der Waals surface area contributed by atoms with Crippen molar-refractivity contribution in [3.63, 3.8) is 0 Å². The second kappa shape index (κ2) is 8.16. The van der Waals surface area contributed by atoms with E-state index in [4.69, 9.17) is 0 Å². The lowest BCUT2D eigenvalue weighted by molar-refractivity contribution is -0.121. The molecule has 2 N–H and O–H groups in total. The first-order valence-electron chi connectivity index (χ1n) is 9.03. The standard InChI is InChI=1S/C21H24N2O4S/c1-23-14-18(17-5-3-4-6-19(17)23)20(24)13-22-21(25)12-9-15-7-10-16(11-8-15)28(2,26)27/h3-8,10-11,14,20,24H,9,12-13H2,1-2H3,(H,22,25). The van der Waals surface area contributed by atoms with Crippen molar-refractivity contribution >= 4 is 26.6 Å². The van der Waals surface area contributed by atoms with E-state index >= 15 is 0 Å². The number of aromatic nitrogens is 1. The summed E-state index contributed by atoms with van der Waals surface area (Å²) in [4.78, 5) is 12.4. The van der Waals surface area contributed by atoms with Gasteiger partial charge < -0.3 is 15.0 Å². The molecule has 0 saturated carbocycles. The van der Waals surface area contributed by atoms with Crippen molar-refractivity contribution in [3.8, 4) is 0 Å². The van der Waals surface area contributed by atoms with Gasteiger partial charge in [0.25, 0.3) is 0 Å². The minimum absolute atomic E-state index is 0.139. The number of nitrogens with one attached hydrogen (secondary N) is 1. The fraction of sp³-hybridized carbons (Fsp3) is 0.286. The maximum atomic E-state index is 12.1. The molecule has 1 amide bonds. The zero-order valence-electron chi connectivity index (χ0n) is 15.9. The Balaban J connectivity index is 1.54. The Morgan fingerprint density at radius 1 is 1.14 bits per heavy atom. The molecule has 0 radical (unpaired) electrons. The first-order chi connectivity index (χ1) is 13.3. The van der Waals surface area contributed by atoms with Crippen LogP contribution in [0.25, 0.3) is 10.9 Å². The van der Waals surface area contributed by atoms with E-state index in [1.165, 1.54) is 0 Å². The van der Waals surface area contributed by atoms with Crippen LogP contribution in [0.3, 0.4) is 0 Å². The van der Waals surface area contributed by atoms with Gasteiger partial charge >= 0.3 is 0 Å². The lowest BCUT2D eigenvalue weighted by Crippen LogP contribution is -2.28. The van der Waals surface area contributed by atoms with E-state index in [1.54, 1.807) is 24.3 Å². The highest BCUT2D eigenvalue weighted by Gasteiger charge is 2.15. The van der Waals surface area contributed by atoms with Gasteiger partial charge in [0, 0.05) is 48.9 Å². The summed E-state index contributed by atoms with van der Waals surface area (Å²) in [6.07, 6.45) is 3.02. The molecule has 28 heavy (non-hydrogen) atoms. The molecule has 0 spiro atoms. The van der Waals surface area contributed by atoms with E-state index in [0.717, 1.165) is 28.3 Å². The number of benzene rings is 2. The molecule has 1 aromatic heterocycles. The number of sulfone groups is 1. The Bertz CT molecular complexity index is 1090. The fourth-order valence-corrected chi connectivity index (χ4v) is 3.84. The zero-order valence-corrected chi connectivity index (χ0v) is 16.7. The third-order valence-corrected chi connectivity index (χ3v) is 5.90. The number of para-hydroxylation sites is 1. The van der Waals surface area contributed by atoms with Gasteiger partial charge in [0.05, 0.1) is 11.0 Å². The van der Waals surface area contributed by atoms with Crippen molar-refractivity contribution in [1.82, 2.24) is 9.88 Å². The summed E-state index contributed by atoms with van der Waals surface area (Å²) < 4.78 is 24.9. The monoisotopic (exact) mass is 400 g/mol. The van der Waals surface area contributed by atoms with E-state index in [2.05, 4.69) is 5.32 Å². The topological polar surface area (TPSA) is 88.4 Å². The number of carbonyl (C=O) groups is 1. The van der Waals surface area contributed by atoms with E-state index in [9.17, 15) is 18.3 Å².